The minimum absolute atomic E-state index is 0.150. The third kappa shape index (κ3) is 4.86. The lowest BCUT2D eigenvalue weighted by Gasteiger charge is -2.46. The van der Waals surface area contributed by atoms with Crippen LogP contribution in [0.15, 0.2) is 194 Å². The van der Waals surface area contributed by atoms with E-state index in [-0.39, 0.29) is 5.41 Å². The summed E-state index contributed by atoms with van der Waals surface area (Å²) in [7, 11) is 0. The number of fused-ring (bicyclic) bond motifs is 12. The molecule has 0 bridgehead atoms. The van der Waals surface area contributed by atoms with E-state index in [0.29, 0.717) is 5.82 Å². The Kier molecular flexibility index (Phi) is 7.39. The first-order valence-corrected chi connectivity index (χ1v) is 21.2. The maximum Gasteiger partial charge on any atom is 0.160 e. The Hall–Kier alpha value is -6.94. The smallest absolute Gasteiger partial charge is 0.160 e. The molecule has 0 N–H and O–H groups in total. The van der Waals surface area contributed by atoms with Gasteiger partial charge in [0.1, 0.15) is 0 Å². The first-order valence-electron chi connectivity index (χ1n) is 20.4. The summed E-state index contributed by atoms with van der Waals surface area (Å²) in [6.07, 6.45) is 0. The number of benzene rings is 8. The minimum atomic E-state index is -0.465. The Morgan fingerprint density at radius 1 is 0.373 bits per heavy atom. The van der Waals surface area contributed by atoms with Gasteiger partial charge in [0.2, 0.25) is 0 Å². The van der Waals surface area contributed by atoms with E-state index in [1.807, 2.05) is 17.4 Å². The van der Waals surface area contributed by atoms with E-state index < -0.39 is 5.41 Å². The largest absolute Gasteiger partial charge is 0.228 e. The van der Waals surface area contributed by atoms with Crippen LogP contribution in [0.5, 0.6) is 0 Å². The summed E-state index contributed by atoms with van der Waals surface area (Å²) in [6.45, 7) is 4.76. The van der Waals surface area contributed by atoms with E-state index in [1.54, 1.807) is 0 Å². The molecule has 3 heteroatoms. The standard InChI is InChI=1S/C56H38N2S/c1-55(2)44-25-11-13-27-46(44)56(47-28-14-12-26-45(47)55)43-24-10-8-22-42(43)53-41(23-16-29-48(53)56)37-19-6-7-20-38(37)50-34-49(57-54(58-50)35-17-4-3-5-18-35)36-31-32-40-39-21-9-15-30-51(39)59-52(40)33-36/h3-34H,1-2H3. The second-order valence-electron chi connectivity index (χ2n) is 16.4. The summed E-state index contributed by atoms with van der Waals surface area (Å²) in [5.41, 5.74) is 17.4. The molecular weight excluding hydrogens is 733 g/mol. The molecule has 0 fully saturated rings. The van der Waals surface area contributed by atoms with Crippen molar-refractivity contribution in [2.24, 2.45) is 0 Å². The molecule has 0 atom stereocenters. The third-order valence-corrected chi connectivity index (χ3v) is 14.1. The van der Waals surface area contributed by atoms with Crippen molar-refractivity contribution in [1.82, 2.24) is 9.97 Å². The Morgan fingerprint density at radius 2 is 0.932 bits per heavy atom. The Labute approximate surface area is 348 Å². The summed E-state index contributed by atoms with van der Waals surface area (Å²) in [4.78, 5) is 10.6. The zero-order valence-corrected chi connectivity index (χ0v) is 33.6. The molecule has 0 saturated carbocycles. The molecule has 0 aliphatic heterocycles. The quantitative estimate of drug-likeness (QED) is 0.178. The summed E-state index contributed by atoms with van der Waals surface area (Å²) in [5, 5.41) is 2.57. The summed E-state index contributed by atoms with van der Waals surface area (Å²) < 4.78 is 2.55. The van der Waals surface area contributed by atoms with E-state index >= 15 is 0 Å². The van der Waals surface area contributed by atoms with Gasteiger partial charge in [-0.3, -0.25) is 0 Å². The molecule has 0 unspecified atom stereocenters. The molecular formula is C56H38N2S. The van der Waals surface area contributed by atoms with Crippen LogP contribution in [0, 0.1) is 0 Å². The van der Waals surface area contributed by atoms with Crippen LogP contribution in [0.2, 0.25) is 0 Å². The van der Waals surface area contributed by atoms with Gasteiger partial charge in [-0.2, -0.15) is 0 Å². The van der Waals surface area contributed by atoms with Gasteiger partial charge in [-0.25, -0.2) is 9.97 Å². The Balaban J connectivity index is 1.10. The van der Waals surface area contributed by atoms with Crippen molar-refractivity contribution < 1.29 is 0 Å². The van der Waals surface area contributed by atoms with Crippen LogP contribution in [0.3, 0.4) is 0 Å². The molecule has 1 spiro atoms. The summed E-state index contributed by atoms with van der Waals surface area (Å²) in [5.74, 6) is 0.713. The average Bonchev–Trinajstić information content (AvgIpc) is 3.82. The molecule has 2 aromatic heterocycles. The van der Waals surface area contributed by atoms with Crippen molar-refractivity contribution in [1.29, 1.82) is 0 Å². The molecule has 2 heterocycles. The summed E-state index contributed by atoms with van der Waals surface area (Å²) in [6, 6.07) is 71.2. The maximum absolute atomic E-state index is 5.37. The molecule has 8 aromatic carbocycles. The van der Waals surface area contributed by atoms with Crippen molar-refractivity contribution in [3.05, 3.63) is 228 Å². The second-order valence-corrected chi connectivity index (χ2v) is 17.5. The molecule has 278 valence electrons. The van der Waals surface area contributed by atoms with Crippen LogP contribution in [0.25, 0.3) is 76.3 Å². The van der Waals surface area contributed by atoms with Crippen LogP contribution in [-0.2, 0) is 10.8 Å². The van der Waals surface area contributed by atoms with Crippen LogP contribution >= 0.6 is 11.3 Å². The van der Waals surface area contributed by atoms with Crippen LogP contribution in [-0.4, -0.2) is 9.97 Å². The lowest BCUT2D eigenvalue weighted by atomic mass is 9.55. The van der Waals surface area contributed by atoms with Crippen molar-refractivity contribution in [3.8, 4) is 56.2 Å². The minimum Gasteiger partial charge on any atom is -0.228 e. The lowest BCUT2D eigenvalue weighted by molar-refractivity contribution is 0.563. The first kappa shape index (κ1) is 34.1. The van der Waals surface area contributed by atoms with E-state index in [9.17, 15) is 0 Å². The normalized spacial score (nSPS) is 14.2. The highest BCUT2D eigenvalue weighted by Crippen LogP contribution is 2.63. The van der Waals surface area contributed by atoms with Crippen molar-refractivity contribution in [3.63, 3.8) is 0 Å². The number of aromatic nitrogens is 2. The van der Waals surface area contributed by atoms with Gasteiger partial charge in [-0.15, -0.1) is 11.3 Å². The fourth-order valence-corrected chi connectivity index (χ4v) is 11.6. The zero-order chi connectivity index (χ0) is 39.3. The van der Waals surface area contributed by atoms with E-state index in [0.717, 1.165) is 33.6 Å². The van der Waals surface area contributed by atoms with Gasteiger partial charge in [0.05, 0.1) is 16.8 Å². The maximum atomic E-state index is 5.37. The first-order chi connectivity index (χ1) is 29.0. The molecule has 0 radical (unpaired) electrons. The Bertz CT molecular complexity index is 3270. The predicted molar refractivity (Wildman–Crippen MR) is 246 cm³/mol. The molecule has 0 saturated heterocycles. The fourth-order valence-electron chi connectivity index (χ4n) is 10.4. The molecule has 2 nitrogen and oxygen atoms in total. The van der Waals surface area contributed by atoms with Crippen LogP contribution in [0.1, 0.15) is 47.2 Å². The molecule has 0 amide bonds. The van der Waals surface area contributed by atoms with Gasteiger partial charge in [-0.05, 0) is 73.8 Å². The van der Waals surface area contributed by atoms with Gasteiger partial charge in [0, 0.05) is 42.3 Å². The van der Waals surface area contributed by atoms with Crippen LogP contribution < -0.4 is 0 Å². The van der Waals surface area contributed by atoms with Gasteiger partial charge >= 0.3 is 0 Å². The number of hydrogen-bond donors (Lipinski definition) is 0. The van der Waals surface area contributed by atoms with E-state index in [1.165, 1.54) is 70.2 Å². The van der Waals surface area contributed by atoms with Gasteiger partial charge in [0.15, 0.2) is 5.82 Å². The predicted octanol–water partition coefficient (Wildman–Crippen LogP) is 14.5. The van der Waals surface area contributed by atoms with Crippen molar-refractivity contribution in [2.75, 3.05) is 0 Å². The van der Waals surface area contributed by atoms with Crippen molar-refractivity contribution in [2.45, 2.75) is 24.7 Å². The third-order valence-electron chi connectivity index (χ3n) is 13.0. The lowest BCUT2D eigenvalue weighted by Crippen LogP contribution is -2.40. The highest BCUT2D eigenvalue weighted by Gasteiger charge is 2.53. The second kappa shape index (κ2) is 12.8. The average molecular weight is 771 g/mol. The van der Waals surface area contributed by atoms with Gasteiger partial charge in [0.25, 0.3) is 0 Å². The van der Waals surface area contributed by atoms with Crippen LogP contribution in [0.4, 0.5) is 0 Å². The highest BCUT2D eigenvalue weighted by molar-refractivity contribution is 7.25. The molecule has 12 rings (SSSR count). The summed E-state index contributed by atoms with van der Waals surface area (Å²) >= 11 is 1.83. The van der Waals surface area contributed by atoms with E-state index in [4.69, 9.17) is 9.97 Å². The van der Waals surface area contributed by atoms with Gasteiger partial charge in [-0.1, -0.05) is 190 Å². The number of hydrogen-bond acceptors (Lipinski definition) is 3. The number of thiophene rings is 1. The SMILES string of the molecule is CC1(C)c2ccccc2C2(c3ccccc3-c3c(-c4ccccc4-c4cc(-c5ccc6c(c5)sc5ccccc56)nc(-c5ccccc5)n4)cccc32)c2ccccc21. The number of rotatable bonds is 4. The van der Waals surface area contributed by atoms with E-state index in [2.05, 4.69) is 202 Å². The monoisotopic (exact) mass is 770 g/mol. The zero-order valence-electron chi connectivity index (χ0n) is 32.8. The molecule has 59 heavy (non-hydrogen) atoms. The van der Waals surface area contributed by atoms with Crippen molar-refractivity contribution >= 4 is 31.5 Å². The molecule has 10 aromatic rings. The van der Waals surface area contributed by atoms with Gasteiger partial charge < -0.3 is 0 Å². The Morgan fingerprint density at radius 3 is 1.69 bits per heavy atom. The fraction of sp³-hybridized carbons (Fsp3) is 0.0714. The number of nitrogens with zero attached hydrogens (tertiary/aromatic N) is 2. The molecule has 2 aliphatic rings. The topological polar surface area (TPSA) is 25.8 Å². The highest BCUT2D eigenvalue weighted by atomic mass is 32.1. The molecule has 2 aliphatic carbocycles.